The Kier molecular flexibility index (Phi) is 4.07. The molecular formula is C10H14N2O2. The summed E-state index contributed by atoms with van der Waals surface area (Å²) in [5.41, 5.74) is 1.72. The average molecular weight is 194 g/mol. The first-order chi connectivity index (χ1) is 6.74. The van der Waals surface area contributed by atoms with Crippen LogP contribution in [0.15, 0.2) is 18.5 Å². The van der Waals surface area contributed by atoms with E-state index >= 15 is 0 Å². The molecule has 0 fully saturated rings. The Morgan fingerprint density at radius 1 is 1.64 bits per heavy atom. The molecule has 0 unspecified atom stereocenters. The summed E-state index contributed by atoms with van der Waals surface area (Å²) in [6, 6.07) is 1.76. The number of nitrogens with zero attached hydrogens (tertiary/aromatic N) is 1. The standard InChI is InChI=1S/C10H14N2O2/c1-3-14-7-10(13)12-9-4-5-11-6-8(9)2/h4-6H,3,7H2,1-2H3,(H,11,12,13). The Labute approximate surface area is 83.3 Å². The quantitative estimate of drug-likeness (QED) is 0.787. The van der Waals surface area contributed by atoms with Crippen molar-refractivity contribution in [1.29, 1.82) is 0 Å². The first-order valence-electron chi connectivity index (χ1n) is 4.52. The van der Waals surface area contributed by atoms with Crippen LogP contribution < -0.4 is 5.32 Å². The van der Waals surface area contributed by atoms with Gasteiger partial charge in [-0.05, 0) is 25.5 Å². The maximum atomic E-state index is 11.3. The number of nitrogens with one attached hydrogen (secondary N) is 1. The predicted molar refractivity (Wildman–Crippen MR) is 54.1 cm³/mol. The van der Waals surface area contributed by atoms with Crippen LogP contribution in [0.4, 0.5) is 5.69 Å². The highest BCUT2D eigenvalue weighted by atomic mass is 16.5. The van der Waals surface area contributed by atoms with Crippen molar-refractivity contribution in [1.82, 2.24) is 4.98 Å². The molecule has 1 N–H and O–H groups in total. The van der Waals surface area contributed by atoms with Crippen LogP contribution >= 0.6 is 0 Å². The van der Waals surface area contributed by atoms with E-state index in [-0.39, 0.29) is 12.5 Å². The number of rotatable bonds is 4. The van der Waals surface area contributed by atoms with E-state index in [1.807, 2.05) is 13.8 Å². The van der Waals surface area contributed by atoms with Gasteiger partial charge in [0.05, 0.1) is 0 Å². The Morgan fingerprint density at radius 2 is 2.43 bits per heavy atom. The summed E-state index contributed by atoms with van der Waals surface area (Å²) in [6.45, 7) is 4.38. The number of hydrogen-bond acceptors (Lipinski definition) is 3. The summed E-state index contributed by atoms with van der Waals surface area (Å²) in [7, 11) is 0. The topological polar surface area (TPSA) is 51.2 Å². The van der Waals surface area contributed by atoms with Crippen molar-refractivity contribution in [3.8, 4) is 0 Å². The highest BCUT2D eigenvalue weighted by Gasteiger charge is 2.03. The van der Waals surface area contributed by atoms with Gasteiger partial charge < -0.3 is 10.1 Å². The highest BCUT2D eigenvalue weighted by molar-refractivity contribution is 5.92. The Morgan fingerprint density at radius 3 is 3.07 bits per heavy atom. The molecule has 0 radical (unpaired) electrons. The molecule has 0 aromatic carbocycles. The summed E-state index contributed by atoms with van der Waals surface area (Å²) >= 11 is 0. The Balaban J connectivity index is 2.52. The second-order valence-electron chi connectivity index (χ2n) is 2.88. The number of ether oxygens (including phenoxy) is 1. The average Bonchev–Trinajstić information content (AvgIpc) is 2.18. The van der Waals surface area contributed by atoms with Crippen LogP contribution in [0.2, 0.25) is 0 Å². The maximum absolute atomic E-state index is 11.3. The predicted octanol–water partition coefficient (Wildman–Crippen LogP) is 1.37. The lowest BCUT2D eigenvalue weighted by molar-refractivity contribution is -0.120. The van der Waals surface area contributed by atoms with Crippen LogP contribution in [0.25, 0.3) is 0 Å². The summed E-state index contributed by atoms with van der Waals surface area (Å²) in [5, 5.41) is 2.74. The molecule has 1 rings (SSSR count). The van der Waals surface area contributed by atoms with Crippen molar-refractivity contribution in [2.45, 2.75) is 13.8 Å². The minimum absolute atomic E-state index is 0.0955. The van der Waals surface area contributed by atoms with Crippen molar-refractivity contribution in [3.63, 3.8) is 0 Å². The summed E-state index contributed by atoms with van der Waals surface area (Å²) < 4.78 is 4.98. The molecule has 4 heteroatoms. The first-order valence-corrected chi connectivity index (χ1v) is 4.52. The van der Waals surface area contributed by atoms with Gasteiger partial charge in [-0.15, -0.1) is 0 Å². The molecule has 0 saturated heterocycles. The van der Waals surface area contributed by atoms with Gasteiger partial charge in [-0.25, -0.2) is 0 Å². The molecule has 0 aliphatic heterocycles. The largest absolute Gasteiger partial charge is 0.372 e. The van der Waals surface area contributed by atoms with Gasteiger partial charge in [0.25, 0.3) is 0 Å². The minimum atomic E-state index is -0.138. The van der Waals surface area contributed by atoms with E-state index in [0.29, 0.717) is 6.61 Å². The molecule has 4 nitrogen and oxygen atoms in total. The van der Waals surface area contributed by atoms with Crippen molar-refractivity contribution < 1.29 is 9.53 Å². The van der Waals surface area contributed by atoms with Gasteiger partial charge in [0.1, 0.15) is 6.61 Å². The fourth-order valence-electron chi connectivity index (χ4n) is 0.995. The van der Waals surface area contributed by atoms with Gasteiger partial charge in [-0.3, -0.25) is 9.78 Å². The third-order valence-electron chi connectivity index (χ3n) is 1.73. The van der Waals surface area contributed by atoms with E-state index in [1.165, 1.54) is 0 Å². The smallest absolute Gasteiger partial charge is 0.250 e. The van der Waals surface area contributed by atoms with Gasteiger partial charge in [0.2, 0.25) is 5.91 Å². The number of amides is 1. The van der Waals surface area contributed by atoms with Crippen molar-refractivity contribution in [2.24, 2.45) is 0 Å². The fourth-order valence-corrected chi connectivity index (χ4v) is 0.995. The zero-order chi connectivity index (χ0) is 10.4. The number of hydrogen-bond donors (Lipinski definition) is 1. The number of aromatic nitrogens is 1. The lowest BCUT2D eigenvalue weighted by Gasteiger charge is -2.06. The summed E-state index contributed by atoms with van der Waals surface area (Å²) in [4.78, 5) is 15.2. The second kappa shape index (κ2) is 5.34. The number of carbonyl (C=O) groups excluding carboxylic acids is 1. The van der Waals surface area contributed by atoms with Crippen molar-refractivity contribution in [3.05, 3.63) is 24.0 Å². The molecule has 1 aromatic rings. The van der Waals surface area contributed by atoms with Gasteiger partial charge in [-0.1, -0.05) is 0 Å². The Hall–Kier alpha value is -1.42. The summed E-state index contributed by atoms with van der Waals surface area (Å²) in [6.07, 6.45) is 3.35. The van der Waals surface area contributed by atoms with Gasteiger partial charge >= 0.3 is 0 Å². The molecule has 0 aliphatic rings. The van der Waals surface area contributed by atoms with Crippen LogP contribution in [0, 0.1) is 6.92 Å². The number of carbonyl (C=O) groups is 1. The number of aryl methyl sites for hydroxylation is 1. The van der Waals surface area contributed by atoms with Gasteiger partial charge in [0.15, 0.2) is 0 Å². The zero-order valence-electron chi connectivity index (χ0n) is 8.41. The number of pyridine rings is 1. The molecule has 14 heavy (non-hydrogen) atoms. The molecule has 0 atom stereocenters. The van der Waals surface area contributed by atoms with Crippen LogP contribution in [-0.4, -0.2) is 24.1 Å². The van der Waals surface area contributed by atoms with Crippen LogP contribution in [0.3, 0.4) is 0 Å². The van der Waals surface area contributed by atoms with Gasteiger partial charge in [-0.2, -0.15) is 0 Å². The summed E-state index contributed by atoms with van der Waals surface area (Å²) in [5.74, 6) is -0.138. The molecule has 0 bridgehead atoms. The SMILES string of the molecule is CCOCC(=O)Nc1ccncc1C. The lowest BCUT2D eigenvalue weighted by atomic mass is 10.2. The van der Waals surface area contributed by atoms with Crippen molar-refractivity contribution in [2.75, 3.05) is 18.5 Å². The maximum Gasteiger partial charge on any atom is 0.250 e. The van der Waals surface area contributed by atoms with E-state index in [4.69, 9.17) is 4.74 Å². The molecule has 1 aromatic heterocycles. The van der Waals surface area contributed by atoms with Gasteiger partial charge in [0, 0.05) is 24.7 Å². The van der Waals surface area contributed by atoms with Crippen LogP contribution in [-0.2, 0) is 9.53 Å². The monoisotopic (exact) mass is 194 g/mol. The normalized spacial score (nSPS) is 9.86. The lowest BCUT2D eigenvalue weighted by Crippen LogP contribution is -2.18. The fraction of sp³-hybridized carbons (Fsp3) is 0.400. The molecule has 0 aliphatic carbocycles. The molecule has 76 valence electrons. The Bertz CT molecular complexity index is 313. The highest BCUT2D eigenvalue weighted by Crippen LogP contribution is 2.10. The molecule has 1 heterocycles. The molecule has 0 saturated carbocycles. The van der Waals surface area contributed by atoms with Crippen LogP contribution in [0.1, 0.15) is 12.5 Å². The minimum Gasteiger partial charge on any atom is -0.372 e. The molecular weight excluding hydrogens is 180 g/mol. The molecule has 1 amide bonds. The third-order valence-corrected chi connectivity index (χ3v) is 1.73. The first kappa shape index (κ1) is 10.7. The zero-order valence-corrected chi connectivity index (χ0v) is 8.41. The van der Waals surface area contributed by atoms with E-state index in [1.54, 1.807) is 18.5 Å². The van der Waals surface area contributed by atoms with E-state index in [0.717, 1.165) is 11.3 Å². The van der Waals surface area contributed by atoms with E-state index in [9.17, 15) is 4.79 Å². The molecule has 0 spiro atoms. The van der Waals surface area contributed by atoms with Crippen molar-refractivity contribution >= 4 is 11.6 Å². The third kappa shape index (κ3) is 3.14. The second-order valence-corrected chi connectivity index (χ2v) is 2.88. The van der Waals surface area contributed by atoms with E-state index in [2.05, 4.69) is 10.3 Å². The van der Waals surface area contributed by atoms with Crippen LogP contribution in [0.5, 0.6) is 0 Å². The van der Waals surface area contributed by atoms with E-state index < -0.39 is 0 Å². The number of anilines is 1.